The van der Waals surface area contributed by atoms with E-state index in [1.54, 1.807) is 20.3 Å². The van der Waals surface area contributed by atoms with Crippen molar-refractivity contribution in [1.29, 1.82) is 0 Å². The minimum Gasteiger partial charge on any atom is -0.497 e. The number of anilines is 1. The van der Waals surface area contributed by atoms with E-state index < -0.39 is 5.91 Å². The molecule has 2 fully saturated rings. The zero-order valence-corrected chi connectivity index (χ0v) is 15.9. The molecule has 3 rings (SSSR count). The number of primary amides is 1. The fourth-order valence-electron chi connectivity index (χ4n) is 3.14. The van der Waals surface area contributed by atoms with Crippen LogP contribution in [0.3, 0.4) is 0 Å². The van der Waals surface area contributed by atoms with Gasteiger partial charge in [-0.2, -0.15) is 0 Å². The fourth-order valence-corrected chi connectivity index (χ4v) is 3.40. The lowest BCUT2D eigenvalue weighted by Crippen LogP contribution is -2.46. The van der Waals surface area contributed by atoms with Crippen LogP contribution in [0.25, 0.3) is 0 Å². The summed E-state index contributed by atoms with van der Waals surface area (Å²) in [5, 5.41) is 6.73. The Labute approximate surface area is 162 Å². The molecule has 2 heterocycles. The standard InChI is InChI=1S/C17H23N3O6S/c1-22-10-3-9(4-11(5-10)23-2)19-17(27)20-12-6-25-16-13(7-26-15(12)16)24-8-14(18)21/h3-5,12-13,15-16H,6-8H2,1-2H3,(H2,18,21)(H2,19,20,27)/t12-,13-,15-,16+/m1/s1. The second-order valence-electron chi connectivity index (χ2n) is 6.22. The molecule has 0 saturated carbocycles. The Morgan fingerprint density at radius 3 is 2.48 bits per heavy atom. The van der Waals surface area contributed by atoms with Gasteiger partial charge in [-0.05, 0) is 12.2 Å². The summed E-state index contributed by atoms with van der Waals surface area (Å²) >= 11 is 5.40. The summed E-state index contributed by atoms with van der Waals surface area (Å²) in [5.74, 6) is 0.778. The van der Waals surface area contributed by atoms with Crippen molar-refractivity contribution >= 4 is 28.9 Å². The van der Waals surface area contributed by atoms with Gasteiger partial charge in [0, 0.05) is 23.9 Å². The first-order valence-corrected chi connectivity index (χ1v) is 8.84. The maximum atomic E-state index is 10.9. The number of rotatable bonds is 7. The first-order valence-electron chi connectivity index (χ1n) is 8.44. The molecule has 4 atom stereocenters. The number of amides is 1. The minimum absolute atomic E-state index is 0.135. The number of methoxy groups -OCH3 is 2. The van der Waals surface area contributed by atoms with Crippen molar-refractivity contribution in [3.63, 3.8) is 0 Å². The van der Waals surface area contributed by atoms with E-state index in [2.05, 4.69) is 10.6 Å². The zero-order chi connectivity index (χ0) is 19.4. The lowest BCUT2D eigenvalue weighted by atomic mass is 10.1. The first-order chi connectivity index (χ1) is 13.0. The monoisotopic (exact) mass is 397 g/mol. The zero-order valence-electron chi connectivity index (χ0n) is 15.1. The molecule has 10 heteroatoms. The quantitative estimate of drug-likeness (QED) is 0.548. The van der Waals surface area contributed by atoms with E-state index >= 15 is 0 Å². The number of carbonyl (C=O) groups is 1. The Morgan fingerprint density at radius 1 is 1.19 bits per heavy atom. The number of benzene rings is 1. The van der Waals surface area contributed by atoms with Crippen molar-refractivity contribution in [2.24, 2.45) is 5.73 Å². The van der Waals surface area contributed by atoms with Gasteiger partial charge in [0.1, 0.15) is 36.4 Å². The number of fused-ring (bicyclic) bond motifs is 1. The van der Waals surface area contributed by atoms with Crippen LogP contribution in [0.5, 0.6) is 11.5 Å². The highest BCUT2D eigenvalue weighted by Gasteiger charge is 2.48. The van der Waals surface area contributed by atoms with Gasteiger partial charge in [0.25, 0.3) is 0 Å². The van der Waals surface area contributed by atoms with E-state index in [4.69, 9.17) is 41.6 Å². The fraction of sp³-hybridized carbons (Fsp3) is 0.529. The number of hydrogen-bond donors (Lipinski definition) is 3. The molecule has 0 bridgehead atoms. The van der Waals surface area contributed by atoms with Gasteiger partial charge >= 0.3 is 0 Å². The Balaban J connectivity index is 1.56. The van der Waals surface area contributed by atoms with Crippen LogP contribution >= 0.6 is 12.2 Å². The molecule has 0 unspecified atom stereocenters. The smallest absolute Gasteiger partial charge is 0.243 e. The molecule has 2 aliphatic heterocycles. The van der Waals surface area contributed by atoms with Gasteiger partial charge in [-0.25, -0.2) is 0 Å². The Kier molecular flexibility index (Phi) is 6.32. The molecule has 0 radical (unpaired) electrons. The molecule has 1 amide bonds. The molecule has 1 aromatic carbocycles. The number of hydrogen-bond acceptors (Lipinski definition) is 7. The largest absolute Gasteiger partial charge is 0.497 e. The van der Waals surface area contributed by atoms with Crippen molar-refractivity contribution in [1.82, 2.24) is 5.32 Å². The van der Waals surface area contributed by atoms with Gasteiger partial charge in [0.2, 0.25) is 5.91 Å². The Morgan fingerprint density at radius 2 is 1.85 bits per heavy atom. The first kappa shape index (κ1) is 19.6. The van der Waals surface area contributed by atoms with Gasteiger partial charge in [-0.1, -0.05) is 0 Å². The van der Waals surface area contributed by atoms with E-state index in [0.717, 1.165) is 5.69 Å². The highest BCUT2D eigenvalue weighted by atomic mass is 32.1. The van der Waals surface area contributed by atoms with Crippen LogP contribution in [-0.2, 0) is 19.0 Å². The van der Waals surface area contributed by atoms with Gasteiger partial charge in [-0.3, -0.25) is 4.79 Å². The van der Waals surface area contributed by atoms with Crippen LogP contribution in [0, 0.1) is 0 Å². The average molecular weight is 397 g/mol. The average Bonchev–Trinajstić information content (AvgIpc) is 3.22. The molecular formula is C17H23N3O6S. The number of nitrogens with two attached hydrogens (primary N) is 1. The summed E-state index contributed by atoms with van der Waals surface area (Å²) in [5.41, 5.74) is 5.85. The highest BCUT2D eigenvalue weighted by molar-refractivity contribution is 7.80. The highest BCUT2D eigenvalue weighted by Crippen LogP contribution is 2.29. The van der Waals surface area contributed by atoms with Crippen molar-refractivity contribution in [3.05, 3.63) is 18.2 Å². The third-order valence-corrected chi connectivity index (χ3v) is 4.59. The molecule has 0 aromatic heterocycles. The molecule has 2 aliphatic rings. The molecule has 1 aromatic rings. The van der Waals surface area contributed by atoms with Crippen LogP contribution in [0.15, 0.2) is 18.2 Å². The summed E-state index contributed by atoms with van der Waals surface area (Å²) < 4.78 is 27.5. The maximum absolute atomic E-state index is 10.9. The van der Waals surface area contributed by atoms with Crippen molar-refractivity contribution in [2.45, 2.75) is 24.4 Å². The SMILES string of the molecule is COc1cc(NC(=S)N[C@@H]2CO[C@@H]3[C@@H]2OC[C@H]3OCC(N)=O)cc(OC)c1. The molecule has 0 aliphatic carbocycles. The van der Waals surface area contributed by atoms with Gasteiger partial charge in [-0.15, -0.1) is 0 Å². The van der Waals surface area contributed by atoms with Crippen LogP contribution < -0.4 is 25.8 Å². The predicted octanol–water partition coefficient (Wildman–Crippen LogP) is 0.0269. The van der Waals surface area contributed by atoms with Crippen molar-refractivity contribution < 1.29 is 28.5 Å². The number of nitrogens with one attached hydrogen (secondary N) is 2. The Hall–Kier alpha value is -2.14. The van der Waals surface area contributed by atoms with Crippen LogP contribution in [0.2, 0.25) is 0 Å². The summed E-state index contributed by atoms with van der Waals surface area (Å²) in [4.78, 5) is 10.9. The minimum atomic E-state index is -0.523. The van der Waals surface area contributed by atoms with Gasteiger partial charge in [0.15, 0.2) is 5.11 Å². The summed E-state index contributed by atoms with van der Waals surface area (Å²) in [6, 6.07) is 5.26. The normalized spacial score (nSPS) is 26.3. The molecule has 4 N–H and O–H groups in total. The second-order valence-corrected chi connectivity index (χ2v) is 6.63. The van der Waals surface area contributed by atoms with E-state index in [0.29, 0.717) is 29.8 Å². The van der Waals surface area contributed by atoms with Crippen LogP contribution in [-0.4, -0.2) is 69.4 Å². The van der Waals surface area contributed by atoms with E-state index in [-0.39, 0.29) is 31.0 Å². The lowest BCUT2D eigenvalue weighted by Gasteiger charge is -2.20. The number of thiocarbonyl (C=S) groups is 1. The molecule has 148 valence electrons. The predicted molar refractivity (Wildman–Crippen MR) is 101 cm³/mol. The van der Waals surface area contributed by atoms with Gasteiger partial charge in [0.05, 0.1) is 33.5 Å². The molecule has 2 saturated heterocycles. The summed E-state index contributed by atoms with van der Waals surface area (Å²) in [6.07, 6.45) is -0.803. The van der Waals surface area contributed by atoms with Crippen LogP contribution in [0.1, 0.15) is 0 Å². The molecule has 9 nitrogen and oxygen atoms in total. The Bertz CT molecular complexity index is 681. The third kappa shape index (κ3) is 4.78. The van der Waals surface area contributed by atoms with Gasteiger partial charge < -0.3 is 40.1 Å². The molecular weight excluding hydrogens is 374 g/mol. The maximum Gasteiger partial charge on any atom is 0.243 e. The molecule has 0 spiro atoms. The second kappa shape index (κ2) is 8.70. The van der Waals surface area contributed by atoms with Crippen molar-refractivity contribution in [3.8, 4) is 11.5 Å². The molecule has 27 heavy (non-hydrogen) atoms. The number of carbonyl (C=O) groups excluding carboxylic acids is 1. The lowest BCUT2D eigenvalue weighted by molar-refractivity contribution is -0.126. The van der Waals surface area contributed by atoms with E-state index in [1.807, 2.05) is 12.1 Å². The van der Waals surface area contributed by atoms with E-state index in [1.165, 1.54) is 0 Å². The van der Waals surface area contributed by atoms with Crippen LogP contribution in [0.4, 0.5) is 5.69 Å². The summed E-state index contributed by atoms with van der Waals surface area (Å²) in [6.45, 7) is 0.597. The number of ether oxygens (including phenoxy) is 5. The topological polar surface area (TPSA) is 113 Å². The third-order valence-electron chi connectivity index (χ3n) is 4.37. The summed E-state index contributed by atoms with van der Waals surface area (Å²) in [7, 11) is 3.17. The van der Waals surface area contributed by atoms with E-state index in [9.17, 15) is 4.79 Å². The van der Waals surface area contributed by atoms with Crippen molar-refractivity contribution in [2.75, 3.05) is 39.4 Å².